The number of benzene rings is 2. The van der Waals surface area contributed by atoms with Crippen molar-refractivity contribution < 1.29 is 18.3 Å². The third kappa shape index (κ3) is 4.06. The fourth-order valence-corrected chi connectivity index (χ4v) is 3.96. The Morgan fingerprint density at radius 3 is 2.16 bits per heavy atom. The van der Waals surface area contributed by atoms with E-state index >= 15 is 0 Å². The summed E-state index contributed by atoms with van der Waals surface area (Å²) in [5, 5.41) is 9.82. The Morgan fingerprint density at radius 2 is 1.56 bits per heavy atom. The van der Waals surface area contributed by atoms with Crippen LogP contribution in [0, 0.1) is 5.92 Å². The van der Waals surface area contributed by atoms with Gasteiger partial charge >= 0.3 is 6.18 Å². The van der Waals surface area contributed by atoms with Crippen molar-refractivity contribution in [1.29, 1.82) is 0 Å². The summed E-state index contributed by atoms with van der Waals surface area (Å²) in [6.07, 6.45) is 1.50. The zero-order chi connectivity index (χ0) is 17.9. The fraction of sp³-hybridized carbons (Fsp3) is 0.429. The Hall–Kier alpha value is -1.81. The summed E-state index contributed by atoms with van der Waals surface area (Å²) in [7, 11) is 0. The summed E-state index contributed by atoms with van der Waals surface area (Å²) in [4.78, 5) is 0. The molecule has 0 amide bonds. The molecule has 134 valence electrons. The van der Waals surface area contributed by atoms with E-state index in [9.17, 15) is 18.3 Å². The molecule has 1 atom stereocenters. The van der Waals surface area contributed by atoms with E-state index < -0.39 is 11.7 Å². The lowest BCUT2D eigenvalue weighted by molar-refractivity contribution is -0.137. The Labute approximate surface area is 146 Å². The van der Waals surface area contributed by atoms with Crippen LogP contribution in [0.25, 0.3) is 11.1 Å². The van der Waals surface area contributed by atoms with Crippen molar-refractivity contribution in [1.82, 2.24) is 0 Å². The number of rotatable bonds is 4. The van der Waals surface area contributed by atoms with Crippen molar-refractivity contribution in [2.24, 2.45) is 5.92 Å². The van der Waals surface area contributed by atoms with Gasteiger partial charge in [0.05, 0.1) is 12.2 Å². The molecule has 2 aromatic rings. The predicted molar refractivity (Wildman–Crippen MR) is 93.3 cm³/mol. The first-order valence-corrected chi connectivity index (χ1v) is 8.88. The van der Waals surface area contributed by atoms with E-state index in [-0.39, 0.29) is 18.1 Å². The highest BCUT2D eigenvalue weighted by atomic mass is 19.4. The average Bonchev–Trinajstić information content (AvgIpc) is 2.63. The van der Waals surface area contributed by atoms with E-state index in [1.54, 1.807) is 18.2 Å². The van der Waals surface area contributed by atoms with Crippen LogP contribution in [0.4, 0.5) is 13.2 Å². The van der Waals surface area contributed by atoms with E-state index in [1.807, 2.05) is 12.1 Å². The molecule has 1 saturated carbocycles. The largest absolute Gasteiger partial charge is 0.417 e. The molecular formula is C21H23F3O. The van der Waals surface area contributed by atoms with Gasteiger partial charge in [-0.25, -0.2) is 0 Å². The lowest BCUT2D eigenvalue weighted by Crippen LogP contribution is -2.19. The first-order valence-electron chi connectivity index (χ1n) is 8.88. The number of aliphatic hydroxyl groups excluding tert-OH is 1. The Balaban J connectivity index is 1.88. The second kappa shape index (κ2) is 7.61. The van der Waals surface area contributed by atoms with Crippen molar-refractivity contribution in [3.63, 3.8) is 0 Å². The number of aliphatic hydroxyl groups is 1. The van der Waals surface area contributed by atoms with Crippen LogP contribution in [0.5, 0.6) is 0 Å². The van der Waals surface area contributed by atoms with Crippen LogP contribution in [-0.2, 0) is 6.18 Å². The molecule has 1 N–H and O–H groups in total. The molecule has 0 saturated heterocycles. The second-order valence-corrected chi connectivity index (χ2v) is 6.85. The van der Waals surface area contributed by atoms with E-state index in [0.29, 0.717) is 11.5 Å². The highest BCUT2D eigenvalue weighted by Crippen LogP contribution is 2.39. The smallest absolute Gasteiger partial charge is 0.396 e. The van der Waals surface area contributed by atoms with Gasteiger partial charge in [0.1, 0.15) is 0 Å². The lowest BCUT2D eigenvalue weighted by Gasteiger charge is -2.29. The molecule has 1 fully saturated rings. The maximum atomic E-state index is 13.2. The Kier molecular flexibility index (Phi) is 5.48. The minimum absolute atomic E-state index is 0.0761. The average molecular weight is 348 g/mol. The van der Waals surface area contributed by atoms with Gasteiger partial charge in [-0.1, -0.05) is 61.7 Å². The summed E-state index contributed by atoms with van der Waals surface area (Å²) >= 11 is 0. The van der Waals surface area contributed by atoms with Gasteiger partial charge in [0, 0.05) is 5.92 Å². The predicted octanol–water partition coefficient (Wildman–Crippen LogP) is 6.03. The van der Waals surface area contributed by atoms with Gasteiger partial charge in [-0.2, -0.15) is 13.2 Å². The summed E-state index contributed by atoms with van der Waals surface area (Å²) < 4.78 is 39.6. The molecule has 1 nitrogen and oxygen atoms in total. The van der Waals surface area contributed by atoms with Crippen LogP contribution in [0.15, 0.2) is 48.5 Å². The van der Waals surface area contributed by atoms with Gasteiger partial charge in [0.25, 0.3) is 0 Å². The second-order valence-electron chi connectivity index (χ2n) is 6.85. The summed E-state index contributed by atoms with van der Waals surface area (Å²) in [6.45, 7) is 0.0865. The normalized spacial score (nSPS) is 17.4. The molecule has 4 heteroatoms. The molecule has 0 heterocycles. The van der Waals surface area contributed by atoms with Crippen LogP contribution >= 0.6 is 0 Å². The minimum Gasteiger partial charge on any atom is -0.396 e. The lowest BCUT2D eigenvalue weighted by atomic mass is 9.77. The van der Waals surface area contributed by atoms with Crippen molar-refractivity contribution >= 4 is 0 Å². The number of halogens is 3. The monoisotopic (exact) mass is 348 g/mol. The van der Waals surface area contributed by atoms with E-state index in [4.69, 9.17) is 0 Å². The third-order valence-corrected chi connectivity index (χ3v) is 5.30. The molecule has 2 aromatic carbocycles. The minimum atomic E-state index is -4.37. The third-order valence-electron chi connectivity index (χ3n) is 5.30. The standard InChI is InChI=1S/C21H23F3O/c22-21(23,24)20-9-5-4-8-18(20)16-10-12-17(13-11-16)19(14-25)15-6-2-1-3-7-15/h4-5,8-13,15,19,25H,1-3,6-7,14H2/t19-/m0/s1. The number of hydrogen-bond acceptors (Lipinski definition) is 1. The molecule has 3 rings (SSSR count). The quantitative estimate of drug-likeness (QED) is 0.715. The summed E-state index contributed by atoms with van der Waals surface area (Å²) in [6, 6.07) is 12.9. The first kappa shape index (κ1) is 18.0. The molecule has 0 bridgehead atoms. The Bertz CT molecular complexity index is 685. The maximum Gasteiger partial charge on any atom is 0.417 e. The van der Waals surface area contributed by atoms with Crippen molar-refractivity contribution in [3.05, 3.63) is 59.7 Å². The van der Waals surface area contributed by atoms with Crippen LogP contribution < -0.4 is 0 Å². The van der Waals surface area contributed by atoms with E-state index in [2.05, 4.69) is 0 Å². The van der Waals surface area contributed by atoms with Crippen LogP contribution in [0.3, 0.4) is 0 Å². The van der Waals surface area contributed by atoms with Gasteiger partial charge in [0.2, 0.25) is 0 Å². The highest BCUT2D eigenvalue weighted by Gasteiger charge is 2.33. The molecular weight excluding hydrogens is 325 g/mol. The van der Waals surface area contributed by atoms with Crippen molar-refractivity contribution in [2.75, 3.05) is 6.61 Å². The van der Waals surface area contributed by atoms with Crippen LogP contribution in [-0.4, -0.2) is 11.7 Å². The SMILES string of the molecule is OC[C@H](c1ccc(-c2ccccc2C(F)(F)F)cc1)C1CCCCC1. The maximum absolute atomic E-state index is 13.2. The van der Waals surface area contributed by atoms with Gasteiger partial charge in [-0.3, -0.25) is 0 Å². The van der Waals surface area contributed by atoms with Gasteiger partial charge in [-0.05, 0) is 41.5 Å². The highest BCUT2D eigenvalue weighted by molar-refractivity contribution is 5.68. The van der Waals surface area contributed by atoms with Gasteiger partial charge in [-0.15, -0.1) is 0 Å². The zero-order valence-electron chi connectivity index (χ0n) is 14.1. The van der Waals surface area contributed by atoms with Crippen LogP contribution in [0.1, 0.15) is 49.1 Å². The number of alkyl halides is 3. The van der Waals surface area contributed by atoms with Crippen molar-refractivity contribution in [3.8, 4) is 11.1 Å². The van der Waals surface area contributed by atoms with Crippen molar-refractivity contribution in [2.45, 2.75) is 44.2 Å². The fourth-order valence-electron chi connectivity index (χ4n) is 3.96. The van der Waals surface area contributed by atoms with Gasteiger partial charge in [0.15, 0.2) is 0 Å². The molecule has 1 aliphatic carbocycles. The molecule has 25 heavy (non-hydrogen) atoms. The van der Waals surface area contributed by atoms with Gasteiger partial charge < -0.3 is 5.11 Å². The molecule has 0 radical (unpaired) electrons. The van der Waals surface area contributed by atoms with E-state index in [1.165, 1.54) is 31.4 Å². The van der Waals surface area contributed by atoms with E-state index in [0.717, 1.165) is 24.5 Å². The summed E-state index contributed by atoms with van der Waals surface area (Å²) in [5.41, 5.74) is 1.15. The molecule has 0 unspecified atom stereocenters. The topological polar surface area (TPSA) is 20.2 Å². The molecule has 0 spiro atoms. The number of hydrogen-bond donors (Lipinski definition) is 1. The Morgan fingerprint density at radius 1 is 0.920 bits per heavy atom. The molecule has 0 aromatic heterocycles. The summed E-state index contributed by atoms with van der Waals surface area (Å²) in [5.74, 6) is 0.541. The molecule has 0 aliphatic heterocycles. The van der Waals surface area contributed by atoms with Crippen LogP contribution in [0.2, 0.25) is 0 Å². The zero-order valence-corrected chi connectivity index (χ0v) is 14.1. The first-order chi connectivity index (χ1) is 12.0. The molecule has 1 aliphatic rings.